The second-order valence-electron chi connectivity index (χ2n) is 4.59. The van der Waals surface area contributed by atoms with Crippen LogP contribution in [-0.4, -0.2) is 40.8 Å². The molecule has 0 heterocycles. The van der Waals surface area contributed by atoms with Gasteiger partial charge in [0.2, 0.25) is 5.82 Å². The van der Waals surface area contributed by atoms with E-state index in [0.717, 1.165) is 5.75 Å². The lowest BCUT2D eigenvalue weighted by atomic mass is 10.1. The third-order valence-electron chi connectivity index (χ3n) is 3.18. The van der Waals surface area contributed by atoms with Crippen molar-refractivity contribution in [3.63, 3.8) is 0 Å². The van der Waals surface area contributed by atoms with Crippen molar-refractivity contribution >= 4 is 23.4 Å². The van der Waals surface area contributed by atoms with Crippen molar-refractivity contribution in [2.45, 2.75) is 19.4 Å². The Balaban J connectivity index is 3.02. The predicted octanol–water partition coefficient (Wildman–Crippen LogP) is 3.09. The van der Waals surface area contributed by atoms with Crippen LogP contribution in [0.5, 0.6) is 0 Å². The van der Waals surface area contributed by atoms with E-state index in [0.29, 0.717) is 18.6 Å². The zero-order chi connectivity index (χ0) is 16.2. The molecule has 1 rings (SSSR count). The molecule has 0 aliphatic carbocycles. The van der Waals surface area contributed by atoms with Gasteiger partial charge in [0.25, 0.3) is 5.91 Å². The molecule has 0 aliphatic rings. The first-order chi connectivity index (χ1) is 9.79. The number of nitro benzene ring substituents is 1. The van der Waals surface area contributed by atoms with Crippen LogP contribution in [0.15, 0.2) is 12.1 Å². The zero-order valence-corrected chi connectivity index (χ0v) is 12.7. The summed E-state index contributed by atoms with van der Waals surface area (Å²) in [6, 6.07) is 0.860. The number of nitro groups is 1. The van der Waals surface area contributed by atoms with Crippen molar-refractivity contribution < 1.29 is 18.5 Å². The first kappa shape index (κ1) is 17.4. The maximum absolute atomic E-state index is 13.8. The SMILES string of the molecule is CSCCC(C)N(C)C(=O)c1cc(F)c([N+](=O)[O-])cc1F. The molecule has 0 saturated carbocycles. The van der Waals surface area contributed by atoms with E-state index >= 15 is 0 Å². The second-order valence-corrected chi connectivity index (χ2v) is 5.57. The number of carbonyl (C=O) groups is 1. The number of hydrogen-bond acceptors (Lipinski definition) is 4. The van der Waals surface area contributed by atoms with Gasteiger partial charge in [0.15, 0.2) is 0 Å². The molecule has 0 saturated heterocycles. The molecule has 8 heteroatoms. The summed E-state index contributed by atoms with van der Waals surface area (Å²) in [6.07, 6.45) is 2.64. The molecular formula is C13H16F2N2O3S. The van der Waals surface area contributed by atoms with Gasteiger partial charge in [-0.25, -0.2) is 4.39 Å². The third-order valence-corrected chi connectivity index (χ3v) is 3.83. The largest absolute Gasteiger partial charge is 0.339 e. The van der Waals surface area contributed by atoms with Gasteiger partial charge in [-0.2, -0.15) is 16.2 Å². The Morgan fingerprint density at radius 2 is 2.05 bits per heavy atom. The molecule has 1 amide bonds. The molecule has 116 valence electrons. The lowest BCUT2D eigenvalue weighted by Crippen LogP contribution is -2.36. The summed E-state index contributed by atoms with van der Waals surface area (Å²) < 4.78 is 27.3. The highest BCUT2D eigenvalue weighted by atomic mass is 32.2. The molecule has 1 unspecified atom stereocenters. The molecule has 0 spiro atoms. The number of amides is 1. The minimum absolute atomic E-state index is 0.150. The summed E-state index contributed by atoms with van der Waals surface area (Å²) in [4.78, 5) is 22.9. The maximum atomic E-state index is 13.8. The van der Waals surface area contributed by atoms with Gasteiger partial charge in [-0.15, -0.1) is 0 Å². The molecule has 21 heavy (non-hydrogen) atoms. The fraction of sp³-hybridized carbons (Fsp3) is 0.462. The van der Waals surface area contributed by atoms with Crippen LogP contribution in [0.3, 0.4) is 0 Å². The highest BCUT2D eigenvalue weighted by molar-refractivity contribution is 7.98. The van der Waals surface area contributed by atoms with Crippen LogP contribution in [0.25, 0.3) is 0 Å². The van der Waals surface area contributed by atoms with Gasteiger partial charge in [-0.1, -0.05) is 0 Å². The van der Waals surface area contributed by atoms with Crippen molar-refractivity contribution in [1.82, 2.24) is 4.90 Å². The standard InChI is InChI=1S/C13H16F2N2O3S/c1-8(4-5-21-3)16(2)13(18)9-6-11(15)12(17(19)20)7-10(9)14/h6-8H,4-5H2,1-3H3. The average molecular weight is 318 g/mol. The minimum atomic E-state index is -1.23. The smallest absolute Gasteiger partial charge is 0.307 e. The van der Waals surface area contributed by atoms with E-state index in [1.54, 1.807) is 18.7 Å². The Labute approximate surface area is 125 Å². The predicted molar refractivity (Wildman–Crippen MR) is 77.6 cm³/mol. The van der Waals surface area contributed by atoms with Gasteiger partial charge in [-0.3, -0.25) is 14.9 Å². The topological polar surface area (TPSA) is 63.5 Å². The zero-order valence-electron chi connectivity index (χ0n) is 11.9. The van der Waals surface area contributed by atoms with E-state index in [1.807, 2.05) is 6.26 Å². The van der Waals surface area contributed by atoms with Gasteiger partial charge in [0.1, 0.15) is 5.82 Å². The molecular weight excluding hydrogens is 302 g/mol. The monoisotopic (exact) mass is 318 g/mol. The van der Waals surface area contributed by atoms with Crippen LogP contribution in [0.2, 0.25) is 0 Å². The van der Waals surface area contributed by atoms with Gasteiger partial charge in [0, 0.05) is 13.1 Å². The van der Waals surface area contributed by atoms with Crippen LogP contribution in [0.4, 0.5) is 14.5 Å². The summed E-state index contributed by atoms with van der Waals surface area (Å²) in [7, 11) is 1.49. The van der Waals surface area contributed by atoms with Crippen LogP contribution in [0, 0.1) is 21.7 Å². The average Bonchev–Trinajstić information content (AvgIpc) is 2.44. The maximum Gasteiger partial charge on any atom is 0.307 e. The number of halogens is 2. The highest BCUT2D eigenvalue weighted by Gasteiger charge is 2.25. The third kappa shape index (κ3) is 4.13. The van der Waals surface area contributed by atoms with E-state index in [9.17, 15) is 23.7 Å². The fourth-order valence-electron chi connectivity index (χ4n) is 1.71. The van der Waals surface area contributed by atoms with Crippen LogP contribution < -0.4 is 0 Å². The molecule has 0 aliphatic heterocycles. The summed E-state index contributed by atoms with van der Waals surface area (Å²) in [5.41, 5.74) is -1.49. The Morgan fingerprint density at radius 1 is 1.43 bits per heavy atom. The van der Waals surface area contributed by atoms with E-state index in [1.165, 1.54) is 11.9 Å². The van der Waals surface area contributed by atoms with Crippen molar-refractivity contribution in [2.75, 3.05) is 19.1 Å². The number of nitrogens with zero attached hydrogens (tertiary/aromatic N) is 2. The second kappa shape index (κ2) is 7.35. The molecule has 0 fully saturated rings. The van der Waals surface area contributed by atoms with E-state index < -0.39 is 33.7 Å². The minimum Gasteiger partial charge on any atom is -0.339 e. The summed E-state index contributed by atoms with van der Waals surface area (Å²) >= 11 is 1.62. The first-order valence-corrected chi connectivity index (χ1v) is 7.58. The van der Waals surface area contributed by atoms with E-state index in [4.69, 9.17) is 0 Å². The van der Waals surface area contributed by atoms with Gasteiger partial charge >= 0.3 is 5.69 Å². The van der Waals surface area contributed by atoms with Crippen molar-refractivity contribution in [1.29, 1.82) is 0 Å². The Hall–Kier alpha value is -1.70. The Kier molecular flexibility index (Phi) is 6.07. The van der Waals surface area contributed by atoms with Crippen molar-refractivity contribution in [2.24, 2.45) is 0 Å². The number of benzene rings is 1. The lowest BCUT2D eigenvalue weighted by Gasteiger charge is -2.25. The van der Waals surface area contributed by atoms with Gasteiger partial charge in [-0.05, 0) is 31.4 Å². The summed E-state index contributed by atoms with van der Waals surface area (Å²) in [5, 5.41) is 10.5. The van der Waals surface area contributed by atoms with E-state index in [2.05, 4.69) is 0 Å². The van der Waals surface area contributed by atoms with Crippen molar-refractivity contribution in [3.05, 3.63) is 39.4 Å². The molecule has 1 atom stereocenters. The highest BCUT2D eigenvalue weighted by Crippen LogP contribution is 2.23. The van der Waals surface area contributed by atoms with E-state index in [-0.39, 0.29) is 6.04 Å². The first-order valence-electron chi connectivity index (χ1n) is 6.19. The quantitative estimate of drug-likeness (QED) is 0.597. The molecule has 5 nitrogen and oxygen atoms in total. The molecule has 0 aromatic heterocycles. The van der Waals surface area contributed by atoms with Crippen LogP contribution in [0.1, 0.15) is 23.7 Å². The molecule has 0 N–H and O–H groups in total. The van der Waals surface area contributed by atoms with Gasteiger partial charge < -0.3 is 4.90 Å². The van der Waals surface area contributed by atoms with Crippen molar-refractivity contribution in [3.8, 4) is 0 Å². The molecule has 0 radical (unpaired) electrons. The summed E-state index contributed by atoms with van der Waals surface area (Å²) in [5.74, 6) is -2.20. The molecule has 1 aromatic carbocycles. The number of thioether (sulfide) groups is 1. The Bertz CT molecular complexity index is 554. The van der Waals surface area contributed by atoms with Crippen LogP contribution >= 0.6 is 11.8 Å². The number of rotatable bonds is 6. The normalized spacial score (nSPS) is 12.0. The molecule has 1 aromatic rings. The fourth-order valence-corrected chi connectivity index (χ4v) is 2.29. The summed E-state index contributed by atoms with van der Waals surface area (Å²) in [6.45, 7) is 1.80. The number of carbonyl (C=O) groups excluding carboxylic acids is 1. The molecule has 0 bridgehead atoms. The van der Waals surface area contributed by atoms with Crippen LogP contribution in [-0.2, 0) is 0 Å². The lowest BCUT2D eigenvalue weighted by molar-refractivity contribution is -0.387. The number of hydrogen-bond donors (Lipinski definition) is 0. The van der Waals surface area contributed by atoms with Gasteiger partial charge in [0.05, 0.1) is 16.6 Å². The Morgan fingerprint density at radius 3 is 2.57 bits per heavy atom.